The minimum atomic E-state index is -1.12. The predicted octanol–water partition coefficient (Wildman–Crippen LogP) is 3.18. The SMILES string of the molecule is O=C(N=Nc1ccccc1)NC(Cc1ccccc1)C(=O)O. The lowest BCUT2D eigenvalue weighted by atomic mass is 10.1. The summed E-state index contributed by atoms with van der Waals surface area (Å²) >= 11 is 0. The van der Waals surface area contributed by atoms with Gasteiger partial charge in [0.1, 0.15) is 6.04 Å². The summed E-state index contributed by atoms with van der Waals surface area (Å²) in [5.74, 6) is -1.12. The number of benzene rings is 2. The van der Waals surface area contributed by atoms with Crippen molar-refractivity contribution in [1.29, 1.82) is 0 Å². The van der Waals surface area contributed by atoms with Gasteiger partial charge in [-0.25, -0.2) is 9.59 Å². The number of nitrogens with zero attached hydrogens (tertiary/aromatic N) is 2. The van der Waals surface area contributed by atoms with Gasteiger partial charge < -0.3 is 10.4 Å². The molecule has 0 saturated carbocycles. The van der Waals surface area contributed by atoms with Crippen molar-refractivity contribution in [3.8, 4) is 0 Å². The van der Waals surface area contributed by atoms with Gasteiger partial charge in [0, 0.05) is 6.42 Å². The molecule has 6 heteroatoms. The van der Waals surface area contributed by atoms with Crippen LogP contribution in [0.1, 0.15) is 5.56 Å². The van der Waals surface area contributed by atoms with E-state index < -0.39 is 18.0 Å². The van der Waals surface area contributed by atoms with E-state index >= 15 is 0 Å². The molecule has 0 spiro atoms. The maximum atomic E-state index is 11.7. The topological polar surface area (TPSA) is 91.1 Å². The second-order valence-corrected chi connectivity index (χ2v) is 4.57. The van der Waals surface area contributed by atoms with Crippen molar-refractivity contribution in [3.05, 3.63) is 66.2 Å². The molecule has 112 valence electrons. The van der Waals surface area contributed by atoms with Crippen molar-refractivity contribution in [1.82, 2.24) is 5.32 Å². The maximum Gasteiger partial charge on any atom is 0.360 e. The third-order valence-corrected chi connectivity index (χ3v) is 2.89. The van der Waals surface area contributed by atoms with Crippen LogP contribution in [0.2, 0.25) is 0 Å². The minimum absolute atomic E-state index is 0.183. The first-order valence-corrected chi connectivity index (χ1v) is 6.69. The Morgan fingerprint density at radius 3 is 2.18 bits per heavy atom. The molecule has 2 N–H and O–H groups in total. The number of carbonyl (C=O) groups is 2. The summed E-state index contributed by atoms with van der Waals surface area (Å²) in [6.45, 7) is 0. The molecule has 2 rings (SSSR count). The summed E-state index contributed by atoms with van der Waals surface area (Å²) in [6.07, 6.45) is 0.183. The maximum absolute atomic E-state index is 11.7. The molecule has 0 saturated heterocycles. The molecule has 0 aliphatic heterocycles. The van der Waals surface area contributed by atoms with Crippen molar-refractivity contribution in [2.45, 2.75) is 12.5 Å². The number of carbonyl (C=O) groups excluding carboxylic acids is 1. The molecule has 0 heterocycles. The second-order valence-electron chi connectivity index (χ2n) is 4.57. The number of carboxylic acid groups (broad SMARTS) is 1. The molecule has 2 aromatic rings. The monoisotopic (exact) mass is 297 g/mol. The molecular weight excluding hydrogens is 282 g/mol. The molecule has 0 aliphatic rings. The standard InChI is InChI=1S/C16H15N3O3/c20-15(21)14(11-12-7-3-1-4-8-12)17-16(22)19-18-13-9-5-2-6-10-13/h1-10,14H,11H2,(H,17,22)(H,20,21). The van der Waals surface area contributed by atoms with E-state index in [1.54, 1.807) is 36.4 Å². The highest BCUT2D eigenvalue weighted by Gasteiger charge is 2.20. The Hall–Kier alpha value is -3.02. The zero-order chi connectivity index (χ0) is 15.8. The highest BCUT2D eigenvalue weighted by Crippen LogP contribution is 2.10. The molecule has 0 fully saturated rings. The second kappa shape index (κ2) is 7.68. The molecular formula is C16H15N3O3. The van der Waals surface area contributed by atoms with Gasteiger partial charge in [-0.1, -0.05) is 53.6 Å². The Morgan fingerprint density at radius 1 is 1.00 bits per heavy atom. The van der Waals surface area contributed by atoms with Gasteiger partial charge in [0.25, 0.3) is 0 Å². The fourth-order valence-corrected chi connectivity index (χ4v) is 1.83. The van der Waals surface area contributed by atoms with Crippen molar-refractivity contribution in [3.63, 3.8) is 0 Å². The van der Waals surface area contributed by atoms with Gasteiger partial charge in [-0.05, 0) is 17.7 Å². The highest BCUT2D eigenvalue weighted by atomic mass is 16.4. The van der Waals surface area contributed by atoms with Crippen LogP contribution in [0.25, 0.3) is 0 Å². The van der Waals surface area contributed by atoms with Gasteiger partial charge in [-0.2, -0.15) is 0 Å². The first kappa shape index (κ1) is 15.4. The number of aliphatic carboxylic acids is 1. The van der Waals surface area contributed by atoms with E-state index in [1.165, 1.54) is 0 Å². The van der Waals surface area contributed by atoms with Gasteiger partial charge in [0.15, 0.2) is 0 Å². The Labute approximate surface area is 127 Å². The van der Waals surface area contributed by atoms with Crippen LogP contribution in [0.3, 0.4) is 0 Å². The lowest BCUT2D eigenvalue weighted by Gasteiger charge is -2.12. The quantitative estimate of drug-likeness (QED) is 0.830. The zero-order valence-electron chi connectivity index (χ0n) is 11.7. The fraction of sp³-hybridized carbons (Fsp3) is 0.125. The summed E-state index contributed by atoms with van der Waals surface area (Å²) in [7, 11) is 0. The number of urea groups is 1. The number of rotatable bonds is 5. The molecule has 0 aliphatic carbocycles. The van der Waals surface area contributed by atoms with Crippen molar-refractivity contribution in [2.24, 2.45) is 10.2 Å². The minimum Gasteiger partial charge on any atom is -0.480 e. The molecule has 22 heavy (non-hydrogen) atoms. The average molecular weight is 297 g/mol. The van der Waals surface area contributed by atoms with Gasteiger partial charge in [-0.15, -0.1) is 5.11 Å². The van der Waals surface area contributed by atoms with Crippen molar-refractivity contribution >= 4 is 17.7 Å². The highest BCUT2D eigenvalue weighted by molar-refractivity contribution is 5.83. The molecule has 0 aromatic heterocycles. The largest absolute Gasteiger partial charge is 0.480 e. The Bertz CT molecular complexity index is 657. The van der Waals surface area contributed by atoms with E-state index in [0.29, 0.717) is 5.69 Å². The van der Waals surface area contributed by atoms with Crippen molar-refractivity contribution in [2.75, 3.05) is 0 Å². The predicted molar refractivity (Wildman–Crippen MR) is 81.1 cm³/mol. The molecule has 2 amide bonds. The number of nitrogens with one attached hydrogen (secondary N) is 1. The van der Waals surface area contributed by atoms with Crippen LogP contribution in [0.5, 0.6) is 0 Å². The van der Waals surface area contributed by atoms with E-state index in [4.69, 9.17) is 0 Å². The van der Waals surface area contributed by atoms with Crippen LogP contribution in [0.4, 0.5) is 10.5 Å². The van der Waals surface area contributed by atoms with E-state index in [1.807, 2.05) is 24.3 Å². The van der Waals surface area contributed by atoms with Crippen LogP contribution in [0.15, 0.2) is 70.9 Å². The summed E-state index contributed by atoms with van der Waals surface area (Å²) in [5, 5.41) is 18.7. The first-order valence-electron chi connectivity index (χ1n) is 6.69. The van der Waals surface area contributed by atoms with E-state index in [2.05, 4.69) is 15.5 Å². The van der Waals surface area contributed by atoms with Crippen LogP contribution in [-0.4, -0.2) is 23.1 Å². The summed E-state index contributed by atoms with van der Waals surface area (Å²) in [6, 6.07) is 16.0. The van der Waals surface area contributed by atoms with Gasteiger partial charge in [-0.3, -0.25) is 0 Å². The molecule has 1 unspecified atom stereocenters. The number of amides is 2. The third-order valence-electron chi connectivity index (χ3n) is 2.89. The van der Waals surface area contributed by atoms with Crippen molar-refractivity contribution < 1.29 is 14.7 Å². The smallest absolute Gasteiger partial charge is 0.360 e. The molecule has 0 radical (unpaired) electrons. The molecule has 6 nitrogen and oxygen atoms in total. The summed E-state index contributed by atoms with van der Waals surface area (Å²) in [5.41, 5.74) is 1.34. The number of carboxylic acids is 1. The normalized spacial score (nSPS) is 12.0. The Balaban J connectivity index is 1.97. The Kier molecular flexibility index (Phi) is 5.37. The van der Waals surface area contributed by atoms with Gasteiger partial charge >= 0.3 is 12.0 Å². The molecule has 0 bridgehead atoms. The lowest BCUT2D eigenvalue weighted by Crippen LogP contribution is -2.40. The average Bonchev–Trinajstić information content (AvgIpc) is 2.54. The summed E-state index contributed by atoms with van der Waals surface area (Å²) in [4.78, 5) is 22.9. The van der Waals surface area contributed by atoms with Crippen LogP contribution in [0, 0.1) is 0 Å². The van der Waals surface area contributed by atoms with Gasteiger partial charge in [0.05, 0.1) is 5.69 Å². The van der Waals surface area contributed by atoms with Crippen LogP contribution >= 0.6 is 0 Å². The van der Waals surface area contributed by atoms with E-state index in [0.717, 1.165) is 5.56 Å². The van der Waals surface area contributed by atoms with E-state index in [9.17, 15) is 14.7 Å². The lowest BCUT2D eigenvalue weighted by molar-refractivity contribution is -0.139. The number of azo groups is 1. The third kappa shape index (κ3) is 4.82. The van der Waals surface area contributed by atoms with Crippen LogP contribution in [-0.2, 0) is 11.2 Å². The summed E-state index contributed by atoms with van der Waals surface area (Å²) < 4.78 is 0. The number of hydrogen-bond donors (Lipinski definition) is 2. The van der Waals surface area contributed by atoms with Gasteiger partial charge in [0.2, 0.25) is 0 Å². The number of hydrogen-bond acceptors (Lipinski definition) is 3. The Morgan fingerprint density at radius 2 is 1.59 bits per heavy atom. The van der Waals surface area contributed by atoms with E-state index in [-0.39, 0.29) is 6.42 Å². The molecule has 1 atom stereocenters. The fourth-order valence-electron chi connectivity index (χ4n) is 1.83. The van der Waals surface area contributed by atoms with Crippen LogP contribution < -0.4 is 5.32 Å². The molecule has 2 aromatic carbocycles. The zero-order valence-corrected chi connectivity index (χ0v) is 11.7. The first-order chi connectivity index (χ1) is 10.6.